The Morgan fingerprint density at radius 2 is 2.00 bits per heavy atom. The second-order valence-electron chi connectivity index (χ2n) is 7.89. The molecule has 0 aliphatic heterocycles. The summed E-state index contributed by atoms with van der Waals surface area (Å²) in [7, 11) is 0. The molecule has 7 heteroatoms. The van der Waals surface area contributed by atoms with Crippen LogP contribution in [0.1, 0.15) is 52.8 Å². The minimum atomic E-state index is -0.158. The molecule has 0 unspecified atom stereocenters. The Kier molecular flexibility index (Phi) is 5.39. The number of pyridine rings is 1. The van der Waals surface area contributed by atoms with Crippen LogP contribution in [0.25, 0.3) is 10.2 Å². The zero-order chi connectivity index (χ0) is 21.4. The van der Waals surface area contributed by atoms with Gasteiger partial charge in [-0.05, 0) is 69.5 Å². The number of carbonyl (C=O) groups is 1. The van der Waals surface area contributed by atoms with E-state index in [0.717, 1.165) is 27.0 Å². The van der Waals surface area contributed by atoms with E-state index in [1.54, 1.807) is 17.3 Å². The van der Waals surface area contributed by atoms with E-state index in [0.29, 0.717) is 17.4 Å². The van der Waals surface area contributed by atoms with E-state index in [1.165, 1.54) is 16.9 Å². The average Bonchev–Trinajstić information content (AvgIpc) is 3.30. The van der Waals surface area contributed by atoms with Gasteiger partial charge in [-0.25, -0.2) is 4.98 Å². The Balaban J connectivity index is 1.79. The maximum absolute atomic E-state index is 13.6. The Labute approximate surface area is 180 Å². The number of aryl methyl sites for hydroxylation is 3. The quantitative estimate of drug-likeness (QED) is 0.444. The van der Waals surface area contributed by atoms with Gasteiger partial charge in [0.2, 0.25) is 0 Å². The second-order valence-corrected chi connectivity index (χ2v) is 8.90. The van der Waals surface area contributed by atoms with Crippen LogP contribution >= 0.6 is 11.3 Å². The van der Waals surface area contributed by atoms with Crippen molar-refractivity contribution in [2.75, 3.05) is 4.90 Å². The third kappa shape index (κ3) is 3.85. The van der Waals surface area contributed by atoms with Gasteiger partial charge in [0.05, 0.1) is 16.8 Å². The van der Waals surface area contributed by atoms with Crippen molar-refractivity contribution in [1.29, 1.82) is 0 Å². The normalized spacial score (nSPS) is 11.4. The lowest BCUT2D eigenvalue weighted by Gasteiger charge is -2.18. The molecule has 4 aromatic rings. The Bertz CT molecular complexity index is 1210. The predicted molar refractivity (Wildman–Crippen MR) is 121 cm³/mol. The van der Waals surface area contributed by atoms with Gasteiger partial charge in [0.1, 0.15) is 0 Å². The van der Waals surface area contributed by atoms with E-state index < -0.39 is 0 Å². The number of carbonyl (C=O) groups excluding carboxylic acids is 1. The van der Waals surface area contributed by atoms with Crippen LogP contribution in [0, 0.1) is 20.8 Å². The monoisotopic (exact) mass is 419 g/mol. The number of rotatable bonds is 5. The third-order valence-electron chi connectivity index (χ3n) is 4.99. The number of anilines is 1. The summed E-state index contributed by atoms with van der Waals surface area (Å²) in [6.07, 6.45) is 3.51. The maximum atomic E-state index is 13.6. The number of hydrogen-bond acceptors (Lipinski definition) is 5. The third-order valence-corrected chi connectivity index (χ3v) is 6.01. The van der Waals surface area contributed by atoms with E-state index in [2.05, 4.69) is 49.9 Å². The molecule has 0 N–H and O–H groups in total. The summed E-state index contributed by atoms with van der Waals surface area (Å²) in [5, 5.41) is 5.24. The molecule has 0 saturated carbocycles. The first-order valence-electron chi connectivity index (χ1n) is 9.98. The van der Waals surface area contributed by atoms with Gasteiger partial charge in [-0.1, -0.05) is 23.5 Å². The molecule has 4 rings (SSSR count). The minimum absolute atomic E-state index is 0.158. The highest BCUT2D eigenvalue weighted by atomic mass is 32.1. The molecule has 0 aliphatic carbocycles. The summed E-state index contributed by atoms with van der Waals surface area (Å²) >= 11 is 1.53. The molecule has 0 bridgehead atoms. The van der Waals surface area contributed by atoms with Crippen LogP contribution in [-0.2, 0) is 6.54 Å². The summed E-state index contributed by atoms with van der Waals surface area (Å²) in [4.78, 5) is 24.3. The van der Waals surface area contributed by atoms with Crippen molar-refractivity contribution >= 4 is 32.6 Å². The Morgan fingerprint density at radius 3 is 2.67 bits per heavy atom. The van der Waals surface area contributed by atoms with Crippen LogP contribution < -0.4 is 4.90 Å². The lowest BCUT2D eigenvalue weighted by molar-refractivity contribution is 0.0979. The number of amides is 1. The molecule has 0 atom stereocenters. The van der Waals surface area contributed by atoms with Gasteiger partial charge in [-0.2, -0.15) is 5.10 Å². The van der Waals surface area contributed by atoms with Gasteiger partial charge in [0.15, 0.2) is 10.8 Å². The number of thiazole rings is 1. The molecule has 0 aliphatic rings. The van der Waals surface area contributed by atoms with Gasteiger partial charge < -0.3 is 0 Å². The van der Waals surface area contributed by atoms with Crippen molar-refractivity contribution in [2.24, 2.45) is 0 Å². The number of hydrogen-bond donors (Lipinski definition) is 0. The maximum Gasteiger partial charge on any atom is 0.280 e. The van der Waals surface area contributed by atoms with Gasteiger partial charge >= 0.3 is 0 Å². The van der Waals surface area contributed by atoms with Crippen LogP contribution in [0.2, 0.25) is 0 Å². The molecule has 0 fully saturated rings. The number of benzene rings is 1. The smallest absolute Gasteiger partial charge is 0.278 e. The summed E-state index contributed by atoms with van der Waals surface area (Å²) in [5.41, 5.74) is 5.57. The molecule has 0 saturated heterocycles. The highest BCUT2D eigenvalue weighted by Crippen LogP contribution is 2.33. The van der Waals surface area contributed by atoms with Crippen molar-refractivity contribution in [3.63, 3.8) is 0 Å². The molecule has 6 nitrogen and oxygen atoms in total. The van der Waals surface area contributed by atoms with Gasteiger partial charge in [0, 0.05) is 24.1 Å². The SMILES string of the molecule is Cc1cc(C)c2nc(N(Cc3cccnc3)C(=O)c3cc(C)n(C(C)C)n3)sc2c1. The molecule has 30 heavy (non-hydrogen) atoms. The Hall–Kier alpha value is -3.06. The molecule has 3 heterocycles. The molecule has 3 aromatic heterocycles. The van der Waals surface area contributed by atoms with Crippen LogP contribution in [0.3, 0.4) is 0 Å². The van der Waals surface area contributed by atoms with E-state index in [4.69, 9.17) is 4.98 Å². The van der Waals surface area contributed by atoms with E-state index in [9.17, 15) is 4.79 Å². The van der Waals surface area contributed by atoms with E-state index >= 15 is 0 Å². The molecular weight excluding hydrogens is 394 g/mol. The van der Waals surface area contributed by atoms with Crippen LogP contribution in [0.15, 0.2) is 42.7 Å². The van der Waals surface area contributed by atoms with Crippen molar-refractivity contribution in [2.45, 2.75) is 47.2 Å². The number of aromatic nitrogens is 4. The fraction of sp³-hybridized carbons (Fsp3) is 0.304. The zero-order valence-electron chi connectivity index (χ0n) is 17.9. The molecule has 1 aromatic carbocycles. The van der Waals surface area contributed by atoms with Crippen LogP contribution in [0.4, 0.5) is 5.13 Å². The van der Waals surface area contributed by atoms with Gasteiger partial charge in [-0.3, -0.25) is 19.4 Å². The van der Waals surface area contributed by atoms with E-state index in [-0.39, 0.29) is 11.9 Å². The highest BCUT2D eigenvalue weighted by Gasteiger charge is 2.25. The zero-order valence-corrected chi connectivity index (χ0v) is 18.7. The van der Waals surface area contributed by atoms with Crippen LogP contribution in [-0.4, -0.2) is 25.7 Å². The summed E-state index contributed by atoms with van der Waals surface area (Å²) < 4.78 is 2.96. The summed E-state index contributed by atoms with van der Waals surface area (Å²) in [6, 6.07) is 10.1. The fourth-order valence-electron chi connectivity index (χ4n) is 3.63. The van der Waals surface area contributed by atoms with Crippen molar-refractivity contribution in [3.05, 3.63) is 70.8 Å². The van der Waals surface area contributed by atoms with Crippen LogP contribution in [0.5, 0.6) is 0 Å². The van der Waals surface area contributed by atoms with Crippen molar-refractivity contribution < 1.29 is 4.79 Å². The number of fused-ring (bicyclic) bond motifs is 1. The molecular formula is C23H25N5OS. The first-order chi connectivity index (χ1) is 14.3. The lowest BCUT2D eigenvalue weighted by Crippen LogP contribution is -2.31. The predicted octanol–water partition coefficient (Wildman–Crippen LogP) is 5.24. The molecule has 0 spiro atoms. The summed E-state index contributed by atoms with van der Waals surface area (Å²) in [5.74, 6) is -0.158. The fourth-order valence-corrected chi connectivity index (χ4v) is 4.77. The Morgan fingerprint density at radius 1 is 1.20 bits per heavy atom. The van der Waals surface area contributed by atoms with Gasteiger partial charge in [0.25, 0.3) is 5.91 Å². The first kappa shape index (κ1) is 20.2. The molecule has 154 valence electrons. The van der Waals surface area contributed by atoms with Crippen molar-refractivity contribution in [3.8, 4) is 0 Å². The van der Waals surface area contributed by atoms with Crippen molar-refractivity contribution in [1.82, 2.24) is 19.7 Å². The van der Waals surface area contributed by atoms with E-state index in [1.807, 2.05) is 29.8 Å². The first-order valence-corrected chi connectivity index (χ1v) is 10.8. The minimum Gasteiger partial charge on any atom is -0.278 e. The largest absolute Gasteiger partial charge is 0.280 e. The second kappa shape index (κ2) is 7.99. The molecule has 1 amide bonds. The standard InChI is InChI=1S/C23H25N5OS/c1-14(2)28-17(5)11-19(26-28)22(29)27(13-18-7-6-8-24-12-18)23-25-21-16(4)9-15(3)10-20(21)30-23/h6-12,14H,13H2,1-5H3. The number of nitrogens with zero attached hydrogens (tertiary/aromatic N) is 5. The van der Waals surface area contributed by atoms with Gasteiger partial charge in [-0.15, -0.1) is 0 Å². The average molecular weight is 420 g/mol. The topological polar surface area (TPSA) is 63.9 Å². The summed E-state index contributed by atoms with van der Waals surface area (Å²) in [6.45, 7) is 10.6. The highest BCUT2D eigenvalue weighted by molar-refractivity contribution is 7.22. The lowest BCUT2D eigenvalue weighted by atomic mass is 10.1. The molecule has 0 radical (unpaired) electrons.